The Labute approximate surface area is 119 Å². The van der Waals surface area contributed by atoms with E-state index in [1.54, 1.807) is 29.5 Å². The highest BCUT2D eigenvalue weighted by Gasteiger charge is 2.26. The number of carbonyl (C=O) groups is 1. The van der Waals surface area contributed by atoms with Crippen molar-refractivity contribution in [2.75, 3.05) is 11.9 Å². The van der Waals surface area contributed by atoms with Crippen LogP contribution in [0.4, 0.5) is 10.1 Å². The van der Waals surface area contributed by atoms with E-state index in [1.807, 2.05) is 17.5 Å². The second-order valence-corrected chi connectivity index (χ2v) is 5.34. The molecule has 0 radical (unpaired) electrons. The minimum atomic E-state index is -0.370. The van der Waals surface area contributed by atoms with E-state index in [-0.39, 0.29) is 18.3 Å². The fraction of sp³-hybridized carbons (Fsp3) is 0.143. The molecule has 2 aromatic rings. The lowest BCUT2D eigenvalue weighted by molar-refractivity contribution is -0.125. The standard InChI is InChI=1S/C14H12FN3OS/c15-11-5-1-2-6-12(11)17-14-16-8-13(19)18(14)9-10-4-3-7-20-10/h1-7H,8-9H2,(H,16,17). The molecule has 0 fully saturated rings. The first-order chi connectivity index (χ1) is 9.74. The van der Waals surface area contributed by atoms with Crippen LogP contribution < -0.4 is 5.32 Å². The quantitative estimate of drug-likeness (QED) is 0.944. The summed E-state index contributed by atoms with van der Waals surface area (Å²) in [7, 11) is 0. The number of nitrogens with one attached hydrogen (secondary N) is 1. The molecule has 0 bridgehead atoms. The van der Waals surface area contributed by atoms with E-state index in [9.17, 15) is 9.18 Å². The zero-order valence-electron chi connectivity index (χ0n) is 10.5. The molecule has 102 valence electrons. The van der Waals surface area contributed by atoms with Crippen molar-refractivity contribution in [1.82, 2.24) is 4.90 Å². The molecule has 0 spiro atoms. The predicted molar refractivity (Wildman–Crippen MR) is 77.2 cm³/mol. The fourth-order valence-electron chi connectivity index (χ4n) is 1.94. The van der Waals surface area contributed by atoms with Gasteiger partial charge in [-0.15, -0.1) is 11.3 Å². The third-order valence-corrected chi connectivity index (χ3v) is 3.80. The van der Waals surface area contributed by atoms with E-state index in [1.165, 1.54) is 11.0 Å². The smallest absolute Gasteiger partial charge is 0.251 e. The molecule has 20 heavy (non-hydrogen) atoms. The summed E-state index contributed by atoms with van der Waals surface area (Å²) in [6.07, 6.45) is 0. The SMILES string of the molecule is O=C1CN=C(Nc2ccccc2F)N1Cc1cccs1. The molecule has 0 unspecified atom stereocenters. The van der Waals surface area contributed by atoms with E-state index in [0.29, 0.717) is 18.2 Å². The molecule has 6 heteroatoms. The first-order valence-electron chi connectivity index (χ1n) is 6.13. The number of para-hydroxylation sites is 1. The van der Waals surface area contributed by atoms with Gasteiger partial charge in [0.2, 0.25) is 5.96 Å². The van der Waals surface area contributed by atoms with Crippen molar-refractivity contribution >= 4 is 28.9 Å². The van der Waals surface area contributed by atoms with Crippen molar-refractivity contribution in [3.8, 4) is 0 Å². The van der Waals surface area contributed by atoms with E-state index in [4.69, 9.17) is 0 Å². The molecular weight excluding hydrogens is 277 g/mol. The molecule has 0 aliphatic carbocycles. The molecule has 0 saturated carbocycles. The van der Waals surface area contributed by atoms with Gasteiger partial charge in [-0.1, -0.05) is 18.2 Å². The number of halogens is 1. The van der Waals surface area contributed by atoms with Crippen molar-refractivity contribution < 1.29 is 9.18 Å². The maximum atomic E-state index is 13.6. The Bertz CT molecular complexity index is 654. The first kappa shape index (κ1) is 12.8. The molecule has 4 nitrogen and oxygen atoms in total. The summed E-state index contributed by atoms with van der Waals surface area (Å²) in [5.74, 6) is -0.0589. The Balaban J connectivity index is 1.78. The lowest BCUT2D eigenvalue weighted by Crippen LogP contribution is -2.36. The van der Waals surface area contributed by atoms with Crippen molar-refractivity contribution in [1.29, 1.82) is 0 Å². The summed E-state index contributed by atoms with van der Waals surface area (Å²) >= 11 is 1.57. The highest BCUT2D eigenvalue weighted by Crippen LogP contribution is 2.18. The van der Waals surface area contributed by atoms with Gasteiger partial charge in [0.15, 0.2) is 0 Å². The number of guanidine groups is 1. The second-order valence-electron chi connectivity index (χ2n) is 4.30. The Kier molecular flexibility index (Phi) is 3.47. The summed E-state index contributed by atoms with van der Waals surface area (Å²) in [5, 5.41) is 4.84. The van der Waals surface area contributed by atoms with E-state index in [2.05, 4.69) is 10.3 Å². The number of anilines is 1. The van der Waals surface area contributed by atoms with Crippen LogP contribution in [0.15, 0.2) is 46.8 Å². The van der Waals surface area contributed by atoms with Gasteiger partial charge in [0.05, 0.1) is 12.2 Å². The van der Waals surface area contributed by atoms with Gasteiger partial charge >= 0.3 is 0 Å². The van der Waals surface area contributed by atoms with E-state index >= 15 is 0 Å². The van der Waals surface area contributed by atoms with Crippen LogP contribution in [-0.4, -0.2) is 23.3 Å². The summed E-state index contributed by atoms with van der Waals surface area (Å²) in [5.41, 5.74) is 0.317. The van der Waals surface area contributed by atoms with Gasteiger partial charge in [-0.2, -0.15) is 0 Å². The van der Waals surface area contributed by atoms with Crippen molar-refractivity contribution in [3.05, 3.63) is 52.5 Å². The number of carbonyl (C=O) groups excluding carboxylic acids is 1. The number of hydrogen-bond donors (Lipinski definition) is 1. The average Bonchev–Trinajstić information content (AvgIpc) is 3.06. The van der Waals surface area contributed by atoms with Crippen molar-refractivity contribution in [2.45, 2.75) is 6.54 Å². The summed E-state index contributed by atoms with van der Waals surface area (Å²) in [6, 6.07) is 10.2. The van der Waals surface area contributed by atoms with Gasteiger partial charge in [-0.05, 0) is 23.6 Å². The Morgan fingerprint density at radius 2 is 2.15 bits per heavy atom. The molecule has 0 atom stereocenters. The predicted octanol–water partition coefficient (Wildman–Crippen LogP) is 2.70. The normalized spacial score (nSPS) is 14.6. The highest BCUT2D eigenvalue weighted by atomic mass is 32.1. The zero-order valence-corrected chi connectivity index (χ0v) is 11.4. The second kappa shape index (κ2) is 5.42. The topological polar surface area (TPSA) is 44.7 Å². The molecular formula is C14H12FN3OS. The van der Waals surface area contributed by atoms with Crippen LogP contribution >= 0.6 is 11.3 Å². The molecule has 1 aromatic carbocycles. The van der Waals surface area contributed by atoms with E-state index in [0.717, 1.165) is 4.88 Å². The third-order valence-electron chi connectivity index (χ3n) is 2.94. The van der Waals surface area contributed by atoms with E-state index < -0.39 is 0 Å². The van der Waals surface area contributed by atoms with Gasteiger partial charge in [-0.25, -0.2) is 9.38 Å². The third kappa shape index (κ3) is 2.55. The molecule has 1 aliphatic rings. The number of nitrogens with zero attached hydrogens (tertiary/aromatic N) is 2. The summed E-state index contributed by atoms with van der Waals surface area (Å²) < 4.78 is 13.6. The Morgan fingerprint density at radius 1 is 1.30 bits per heavy atom. The van der Waals surface area contributed by atoms with Gasteiger partial charge < -0.3 is 5.32 Å². The molecule has 1 N–H and O–H groups in total. The number of rotatable bonds is 3. The maximum Gasteiger partial charge on any atom is 0.251 e. The monoisotopic (exact) mass is 289 g/mol. The Morgan fingerprint density at radius 3 is 2.90 bits per heavy atom. The largest absolute Gasteiger partial charge is 0.323 e. The minimum absolute atomic E-state index is 0.0859. The molecule has 1 aliphatic heterocycles. The summed E-state index contributed by atoms with van der Waals surface area (Å²) in [4.78, 5) is 18.6. The lowest BCUT2D eigenvalue weighted by atomic mass is 10.3. The first-order valence-corrected chi connectivity index (χ1v) is 7.01. The lowest BCUT2D eigenvalue weighted by Gasteiger charge is -2.18. The van der Waals surface area contributed by atoms with Crippen molar-refractivity contribution in [2.24, 2.45) is 4.99 Å². The number of hydrogen-bond acceptors (Lipinski definition) is 4. The number of thiophene rings is 1. The minimum Gasteiger partial charge on any atom is -0.323 e. The van der Waals surface area contributed by atoms with Crippen LogP contribution in [-0.2, 0) is 11.3 Å². The van der Waals surface area contributed by atoms with Crippen molar-refractivity contribution in [3.63, 3.8) is 0 Å². The van der Waals surface area contributed by atoms with Crippen LogP contribution in [0.3, 0.4) is 0 Å². The van der Waals surface area contributed by atoms with Crippen LogP contribution in [0.1, 0.15) is 4.88 Å². The molecule has 1 aromatic heterocycles. The zero-order chi connectivity index (χ0) is 13.9. The average molecular weight is 289 g/mol. The molecule has 1 amide bonds. The van der Waals surface area contributed by atoms with Crippen LogP contribution in [0.5, 0.6) is 0 Å². The van der Waals surface area contributed by atoms with Crippen LogP contribution in [0, 0.1) is 5.82 Å². The Hall–Kier alpha value is -2.21. The van der Waals surface area contributed by atoms with Gasteiger partial charge in [0, 0.05) is 4.88 Å². The number of amides is 1. The number of aliphatic imine (C=N–C) groups is 1. The maximum absolute atomic E-state index is 13.6. The number of benzene rings is 1. The van der Waals surface area contributed by atoms with Crippen LogP contribution in [0.25, 0.3) is 0 Å². The van der Waals surface area contributed by atoms with Gasteiger partial charge in [-0.3, -0.25) is 9.69 Å². The summed E-state index contributed by atoms with van der Waals surface area (Å²) in [6.45, 7) is 0.555. The van der Waals surface area contributed by atoms with Gasteiger partial charge in [0.25, 0.3) is 5.91 Å². The molecule has 2 heterocycles. The molecule has 3 rings (SSSR count). The fourth-order valence-corrected chi connectivity index (χ4v) is 2.64. The molecule has 0 saturated heterocycles. The van der Waals surface area contributed by atoms with Gasteiger partial charge in [0.1, 0.15) is 12.4 Å². The highest BCUT2D eigenvalue weighted by molar-refractivity contribution is 7.09. The van der Waals surface area contributed by atoms with Crippen LogP contribution in [0.2, 0.25) is 0 Å².